The number of hydrogen-bond donors (Lipinski definition) is 2. The lowest BCUT2D eigenvalue weighted by atomic mass is 9.99. The third kappa shape index (κ3) is 2.03. The molecule has 2 aromatic heterocycles. The second-order valence-electron chi connectivity index (χ2n) is 4.57. The number of nitrogens with zero attached hydrogens (tertiary/aromatic N) is 3. The quantitative estimate of drug-likeness (QED) is 0.807. The molecule has 0 fully saturated rings. The van der Waals surface area contributed by atoms with E-state index >= 15 is 0 Å². The van der Waals surface area contributed by atoms with Crippen molar-refractivity contribution < 1.29 is 9.90 Å². The van der Waals surface area contributed by atoms with Crippen LogP contribution in [0.4, 0.5) is 0 Å². The Morgan fingerprint density at radius 2 is 2.26 bits per heavy atom. The highest BCUT2D eigenvalue weighted by atomic mass is 16.4. The smallest absolute Gasteiger partial charge is 0.308 e. The number of aromatic amines is 1. The Bertz CT molecular complexity index is 668. The van der Waals surface area contributed by atoms with Crippen molar-refractivity contribution in [3.8, 4) is 11.4 Å². The van der Waals surface area contributed by atoms with Gasteiger partial charge in [0.25, 0.3) is 0 Å². The van der Waals surface area contributed by atoms with Crippen molar-refractivity contribution >= 4 is 5.97 Å². The predicted octanol–water partition coefficient (Wildman–Crippen LogP) is 0.280. The molecular formula is C12H12N4O3. The second-order valence-corrected chi connectivity index (χ2v) is 4.57. The molecule has 0 aromatic carbocycles. The van der Waals surface area contributed by atoms with E-state index < -0.39 is 11.9 Å². The van der Waals surface area contributed by atoms with Gasteiger partial charge in [-0.25, -0.2) is 0 Å². The molecule has 7 heteroatoms. The third-order valence-electron chi connectivity index (χ3n) is 3.34. The summed E-state index contributed by atoms with van der Waals surface area (Å²) in [7, 11) is 0. The molecule has 98 valence electrons. The van der Waals surface area contributed by atoms with Gasteiger partial charge < -0.3 is 14.7 Å². The molecule has 1 aliphatic heterocycles. The number of aliphatic carboxylic acids is 1. The lowest BCUT2D eigenvalue weighted by molar-refractivity contribution is -0.142. The van der Waals surface area contributed by atoms with Gasteiger partial charge in [-0.05, 0) is 12.5 Å². The lowest BCUT2D eigenvalue weighted by Crippen LogP contribution is -2.27. The average Bonchev–Trinajstić information content (AvgIpc) is 2.82. The Labute approximate surface area is 107 Å². The molecule has 0 saturated carbocycles. The van der Waals surface area contributed by atoms with Gasteiger partial charge in [-0.3, -0.25) is 9.59 Å². The third-order valence-corrected chi connectivity index (χ3v) is 3.34. The van der Waals surface area contributed by atoms with Crippen molar-refractivity contribution in [2.24, 2.45) is 5.92 Å². The highest BCUT2D eigenvalue weighted by Crippen LogP contribution is 2.24. The van der Waals surface area contributed by atoms with E-state index in [1.807, 2.05) is 4.57 Å². The maximum Gasteiger partial charge on any atom is 0.308 e. The Hall–Kier alpha value is -2.44. The van der Waals surface area contributed by atoms with Crippen molar-refractivity contribution in [2.45, 2.75) is 19.4 Å². The Morgan fingerprint density at radius 3 is 2.95 bits per heavy atom. The molecule has 1 aliphatic rings. The maximum absolute atomic E-state index is 11.1. The van der Waals surface area contributed by atoms with Crippen LogP contribution in [0.5, 0.6) is 0 Å². The molecule has 2 N–H and O–H groups in total. The molecule has 0 saturated heterocycles. The van der Waals surface area contributed by atoms with E-state index in [0.717, 1.165) is 11.4 Å². The molecule has 0 spiro atoms. The summed E-state index contributed by atoms with van der Waals surface area (Å²) in [5.74, 6) is 0.174. The number of pyridine rings is 1. The molecule has 0 radical (unpaired) electrons. The molecule has 1 unspecified atom stereocenters. The highest BCUT2D eigenvalue weighted by Gasteiger charge is 2.27. The SMILES string of the molecule is O=C(O)C1CCc2nnc(-c3ccc(=O)[nH]c3)n2C1. The van der Waals surface area contributed by atoms with Crippen molar-refractivity contribution in [3.63, 3.8) is 0 Å². The minimum absolute atomic E-state index is 0.189. The fourth-order valence-corrected chi connectivity index (χ4v) is 2.29. The Kier molecular flexibility index (Phi) is 2.66. The van der Waals surface area contributed by atoms with Gasteiger partial charge in [0.15, 0.2) is 5.82 Å². The summed E-state index contributed by atoms with van der Waals surface area (Å²) >= 11 is 0. The zero-order chi connectivity index (χ0) is 13.4. The number of carbonyl (C=O) groups is 1. The first kappa shape index (κ1) is 11.6. The van der Waals surface area contributed by atoms with Crippen molar-refractivity contribution in [1.82, 2.24) is 19.7 Å². The highest BCUT2D eigenvalue weighted by molar-refractivity contribution is 5.70. The van der Waals surface area contributed by atoms with Gasteiger partial charge in [-0.15, -0.1) is 10.2 Å². The van der Waals surface area contributed by atoms with Gasteiger partial charge in [0.05, 0.1) is 5.92 Å². The summed E-state index contributed by atoms with van der Waals surface area (Å²) in [5.41, 5.74) is 0.537. The monoisotopic (exact) mass is 260 g/mol. The number of carboxylic acid groups (broad SMARTS) is 1. The molecule has 7 nitrogen and oxygen atoms in total. The molecule has 19 heavy (non-hydrogen) atoms. The summed E-state index contributed by atoms with van der Waals surface area (Å²) in [5, 5.41) is 17.3. The molecule has 0 aliphatic carbocycles. The fourth-order valence-electron chi connectivity index (χ4n) is 2.29. The molecule has 3 rings (SSSR count). The van der Waals surface area contributed by atoms with E-state index in [4.69, 9.17) is 5.11 Å². The van der Waals surface area contributed by atoms with Crippen LogP contribution >= 0.6 is 0 Å². The number of aromatic nitrogens is 4. The van der Waals surface area contributed by atoms with Gasteiger partial charge in [0, 0.05) is 30.8 Å². The van der Waals surface area contributed by atoms with Crippen LogP contribution in [0, 0.1) is 5.92 Å². The van der Waals surface area contributed by atoms with Gasteiger partial charge in [0.1, 0.15) is 5.82 Å². The van der Waals surface area contributed by atoms with Gasteiger partial charge >= 0.3 is 5.97 Å². The van der Waals surface area contributed by atoms with E-state index in [9.17, 15) is 9.59 Å². The topological polar surface area (TPSA) is 101 Å². The zero-order valence-corrected chi connectivity index (χ0v) is 10.0. The minimum Gasteiger partial charge on any atom is -0.481 e. The largest absolute Gasteiger partial charge is 0.481 e. The van der Waals surface area contributed by atoms with Gasteiger partial charge in [0.2, 0.25) is 5.56 Å². The van der Waals surface area contributed by atoms with Gasteiger partial charge in [-0.2, -0.15) is 0 Å². The molecule has 3 heterocycles. The first-order valence-electron chi connectivity index (χ1n) is 5.99. The standard InChI is InChI=1S/C12H12N4O3/c17-10-4-2-7(5-13-10)11-15-14-9-3-1-8(12(18)19)6-16(9)11/h2,4-5,8H,1,3,6H2,(H,13,17)(H,18,19). The summed E-state index contributed by atoms with van der Waals surface area (Å²) in [6.07, 6.45) is 2.75. The van der Waals surface area contributed by atoms with Crippen molar-refractivity contribution in [1.29, 1.82) is 0 Å². The second kappa shape index (κ2) is 4.34. The van der Waals surface area contributed by atoms with Crippen molar-refractivity contribution in [2.75, 3.05) is 0 Å². The first-order valence-corrected chi connectivity index (χ1v) is 5.99. The van der Waals surface area contributed by atoms with Crippen LogP contribution in [0.3, 0.4) is 0 Å². The Balaban J connectivity index is 2.01. The Morgan fingerprint density at radius 1 is 1.42 bits per heavy atom. The van der Waals surface area contributed by atoms with Crippen LogP contribution < -0.4 is 5.56 Å². The van der Waals surface area contributed by atoms with Crippen LogP contribution in [-0.2, 0) is 17.8 Å². The maximum atomic E-state index is 11.1. The summed E-state index contributed by atoms with van der Waals surface area (Å²) in [4.78, 5) is 24.7. The van der Waals surface area contributed by atoms with E-state index in [-0.39, 0.29) is 5.56 Å². The molecule has 1 atom stereocenters. The van der Waals surface area contributed by atoms with E-state index in [1.165, 1.54) is 6.07 Å². The number of carboxylic acids is 1. The van der Waals surface area contributed by atoms with Gasteiger partial charge in [-0.1, -0.05) is 0 Å². The summed E-state index contributed by atoms with van der Waals surface area (Å²) in [6.45, 7) is 0.367. The van der Waals surface area contributed by atoms with Crippen molar-refractivity contribution in [3.05, 3.63) is 34.5 Å². The van der Waals surface area contributed by atoms with E-state index in [0.29, 0.717) is 25.2 Å². The van der Waals surface area contributed by atoms with Crippen LogP contribution in [-0.4, -0.2) is 30.8 Å². The minimum atomic E-state index is -0.799. The molecule has 0 amide bonds. The average molecular weight is 260 g/mol. The number of aryl methyl sites for hydroxylation is 1. The summed E-state index contributed by atoms with van der Waals surface area (Å²) in [6, 6.07) is 3.06. The van der Waals surface area contributed by atoms with Crippen LogP contribution in [0.1, 0.15) is 12.2 Å². The molecule has 2 aromatic rings. The number of hydrogen-bond acceptors (Lipinski definition) is 4. The number of nitrogens with one attached hydrogen (secondary N) is 1. The molecular weight excluding hydrogens is 248 g/mol. The van der Waals surface area contributed by atoms with Crippen LogP contribution in [0.2, 0.25) is 0 Å². The predicted molar refractivity (Wildman–Crippen MR) is 65.5 cm³/mol. The van der Waals surface area contributed by atoms with E-state index in [1.54, 1.807) is 12.3 Å². The number of H-pyrrole nitrogens is 1. The molecule has 0 bridgehead atoms. The normalized spacial score (nSPS) is 18.0. The van der Waals surface area contributed by atoms with Crippen LogP contribution in [0.15, 0.2) is 23.1 Å². The number of rotatable bonds is 2. The fraction of sp³-hybridized carbons (Fsp3) is 0.333. The lowest BCUT2D eigenvalue weighted by Gasteiger charge is -2.20. The zero-order valence-electron chi connectivity index (χ0n) is 10.0. The summed E-state index contributed by atoms with van der Waals surface area (Å²) < 4.78 is 1.82. The number of fused-ring (bicyclic) bond motifs is 1. The van der Waals surface area contributed by atoms with E-state index in [2.05, 4.69) is 15.2 Å². The van der Waals surface area contributed by atoms with Crippen LogP contribution in [0.25, 0.3) is 11.4 Å². The first-order chi connectivity index (χ1) is 9.15.